The fourth-order valence-electron chi connectivity index (χ4n) is 1.70. The highest BCUT2D eigenvalue weighted by Gasteiger charge is 2.15. The Morgan fingerprint density at radius 3 is 2.71 bits per heavy atom. The van der Waals surface area contributed by atoms with Crippen LogP contribution in [-0.2, 0) is 6.42 Å². The molecule has 0 saturated heterocycles. The minimum absolute atomic E-state index is 0.192. The molecule has 90 valence electrons. The maximum atomic E-state index is 13.6. The van der Waals surface area contributed by atoms with E-state index in [0.717, 1.165) is 0 Å². The van der Waals surface area contributed by atoms with Gasteiger partial charge in [-0.3, -0.25) is 0 Å². The van der Waals surface area contributed by atoms with E-state index in [1.807, 2.05) is 6.92 Å². The zero-order valence-electron chi connectivity index (χ0n) is 9.66. The molecule has 0 aliphatic heterocycles. The first-order valence-electron chi connectivity index (χ1n) is 5.24. The second kappa shape index (κ2) is 4.45. The zero-order chi connectivity index (χ0) is 12.4. The molecule has 0 amide bonds. The average Bonchev–Trinajstić information content (AvgIpc) is 2.75. The summed E-state index contributed by atoms with van der Waals surface area (Å²) < 4.78 is 23.5. The predicted molar refractivity (Wildman–Crippen MR) is 62.2 cm³/mol. The van der Waals surface area contributed by atoms with E-state index in [-0.39, 0.29) is 11.7 Å². The molecule has 1 aromatic carbocycles. The fraction of sp³-hybridized carbons (Fsp3) is 0.250. The summed E-state index contributed by atoms with van der Waals surface area (Å²) in [6.45, 7) is 1.88. The Balaban J connectivity index is 2.63. The Hall–Kier alpha value is -2.04. The summed E-state index contributed by atoms with van der Waals surface area (Å²) in [5, 5.41) is 3.60. The fourth-order valence-corrected chi connectivity index (χ4v) is 1.70. The van der Waals surface area contributed by atoms with E-state index in [0.29, 0.717) is 28.9 Å². The van der Waals surface area contributed by atoms with Crippen molar-refractivity contribution in [1.82, 2.24) is 5.16 Å². The number of halogens is 1. The Morgan fingerprint density at radius 1 is 1.41 bits per heavy atom. The van der Waals surface area contributed by atoms with Gasteiger partial charge in [0.15, 0.2) is 0 Å². The van der Waals surface area contributed by atoms with Gasteiger partial charge in [-0.2, -0.15) is 0 Å². The number of methoxy groups -OCH3 is 1. The second-order valence-corrected chi connectivity index (χ2v) is 3.60. The number of ether oxygens (including phenoxy) is 1. The van der Waals surface area contributed by atoms with Crippen molar-refractivity contribution in [2.75, 3.05) is 12.8 Å². The molecule has 0 aliphatic rings. The first-order valence-corrected chi connectivity index (χ1v) is 5.24. The molecule has 5 heteroatoms. The van der Waals surface area contributed by atoms with E-state index >= 15 is 0 Å². The number of nitrogens with zero attached hydrogens (tertiary/aromatic N) is 1. The third kappa shape index (κ3) is 1.95. The number of nitrogen functional groups attached to an aromatic ring is 1. The molecule has 0 radical (unpaired) electrons. The van der Waals surface area contributed by atoms with Gasteiger partial charge in [0.25, 0.3) is 0 Å². The molecule has 0 unspecified atom stereocenters. The summed E-state index contributed by atoms with van der Waals surface area (Å²) in [5.74, 6) is 0.315. The largest absolute Gasteiger partial charge is 0.496 e. The highest BCUT2D eigenvalue weighted by Crippen LogP contribution is 2.35. The number of aromatic nitrogens is 1. The molecule has 1 heterocycles. The van der Waals surface area contributed by atoms with Gasteiger partial charge in [0.2, 0.25) is 5.88 Å². The van der Waals surface area contributed by atoms with Crippen molar-refractivity contribution in [3.63, 3.8) is 0 Å². The van der Waals surface area contributed by atoms with Crippen LogP contribution in [0.3, 0.4) is 0 Å². The van der Waals surface area contributed by atoms with Gasteiger partial charge in [-0.25, -0.2) is 4.39 Å². The maximum Gasteiger partial charge on any atom is 0.230 e. The van der Waals surface area contributed by atoms with E-state index in [4.69, 9.17) is 15.0 Å². The molecule has 2 N–H and O–H groups in total. The summed E-state index contributed by atoms with van der Waals surface area (Å²) in [6, 6.07) is 3.05. The van der Waals surface area contributed by atoms with E-state index in [1.54, 1.807) is 6.07 Å². The van der Waals surface area contributed by atoms with Gasteiger partial charge in [0, 0.05) is 11.6 Å². The molecular formula is C12H13FN2O2. The molecule has 4 nitrogen and oxygen atoms in total. The van der Waals surface area contributed by atoms with Crippen molar-refractivity contribution in [2.24, 2.45) is 0 Å². The van der Waals surface area contributed by atoms with Crippen molar-refractivity contribution in [2.45, 2.75) is 13.3 Å². The lowest BCUT2D eigenvalue weighted by atomic mass is 10.0. The molecule has 0 bridgehead atoms. The minimum Gasteiger partial charge on any atom is -0.496 e. The standard InChI is InChI=1S/C12H13FN2O2/c1-3-7-4-8(9-6-15-17-12(9)14)11(16-2)5-10(7)13/h4-6H,3,14H2,1-2H3. The van der Waals surface area contributed by atoms with Crippen LogP contribution >= 0.6 is 0 Å². The van der Waals surface area contributed by atoms with Crippen molar-refractivity contribution in [1.29, 1.82) is 0 Å². The van der Waals surface area contributed by atoms with Crippen LogP contribution in [0, 0.1) is 5.82 Å². The lowest BCUT2D eigenvalue weighted by Crippen LogP contribution is -1.95. The van der Waals surface area contributed by atoms with Gasteiger partial charge in [-0.05, 0) is 18.1 Å². The summed E-state index contributed by atoms with van der Waals surface area (Å²) >= 11 is 0. The van der Waals surface area contributed by atoms with Crippen LogP contribution in [0.5, 0.6) is 5.75 Å². The average molecular weight is 236 g/mol. The van der Waals surface area contributed by atoms with Crippen LogP contribution in [0.25, 0.3) is 11.1 Å². The monoisotopic (exact) mass is 236 g/mol. The SMILES string of the molecule is CCc1cc(-c2cnoc2N)c(OC)cc1F. The maximum absolute atomic E-state index is 13.6. The van der Waals surface area contributed by atoms with Gasteiger partial charge in [0.1, 0.15) is 11.6 Å². The Bertz CT molecular complexity index is 537. The van der Waals surface area contributed by atoms with E-state index in [9.17, 15) is 4.39 Å². The summed E-state index contributed by atoms with van der Waals surface area (Å²) in [6.07, 6.45) is 2.08. The van der Waals surface area contributed by atoms with Gasteiger partial charge in [-0.1, -0.05) is 12.1 Å². The van der Waals surface area contributed by atoms with Crippen LogP contribution in [-0.4, -0.2) is 12.3 Å². The smallest absolute Gasteiger partial charge is 0.230 e. The predicted octanol–water partition coefficient (Wildman–Crippen LogP) is 2.63. The number of hydrogen-bond acceptors (Lipinski definition) is 4. The van der Waals surface area contributed by atoms with Gasteiger partial charge < -0.3 is 15.0 Å². The number of nitrogens with two attached hydrogens (primary N) is 1. The van der Waals surface area contributed by atoms with Gasteiger partial charge in [0.05, 0.1) is 18.9 Å². The number of rotatable bonds is 3. The molecule has 0 spiro atoms. The third-order valence-electron chi connectivity index (χ3n) is 2.64. The topological polar surface area (TPSA) is 61.3 Å². The van der Waals surface area contributed by atoms with Crippen LogP contribution in [0.15, 0.2) is 22.9 Å². The quantitative estimate of drug-likeness (QED) is 0.889. The van der Waals surface area contributed by atoms with E-state index in [2.05, 4.69) is 5.16 Å². The lowest BCUT2D eigenvalue weighted by Gasteiger charge is -2.10. The number of benzene rings is 1. The Labute approximate surface area is 98.2 Å². The van der Waals surface area contributed by atoms with Gasteiger partial charge in [-0.15, -0.1) is 0 Å². The van der Waals surface area contributed by atoms with E-state index < -0.39 is 0 Å². The Kier molecular flexibility index (Phi) is 2.99. The first kappa shape index (κ1) is 11.4. The highest BCUT2D eigenvalue weighted by atomic mass is 19.1. The molecule has 0 atom stereocenters. The van der Waals surface area contributed by atoms with Crippen LogP contribution < -0.4 is 10.5 Å². The molecule has 0 aliphatic carbocycles. The van der Waals surface area contributed by atoms with Crippen molar-refractivity contribution >= 4 is 5.88 Å². The van der Waals surface area contributed by atoms with Crippen LogP contribution in [0.2, 0.25) is 0 Å². The van der Waals surface area contributed by atoms with Gasteiger partial charge >= 0.3 is 0 Å². The molecule has 2 rings (SSSR count). The molecule has 17 heavy (non-hydrogen) atoms. The number of aryl methyl sites for hydroxylation is 1. The summed E-state index contributed by atoms with van der Waals surface area (Å²) in [7, 11) is 1.48. The minimum atomic E-state index is -0.289. The van der Waals surface area contributed by atoms with Crippen molar-refractivity contribution in [3.05, 3.63) is 29.7 Å². The second-order valence-electron chi connectivity index (χ2n) is 3.60. The highest BCUT2D eigenvalue weighted by molar-refractivity contribution is 5.77. The molecular weight excluding hydrogens is 223 g/mol. The number of hydrogen-bond donors (Lipinski definition) is 1. The summed E-state index contributed by atoms with van der Waals surface area (Å²) in [4.78, 5) is 0. The normalized spacial score (nSPS) is 10.5. The van der Waals surface area contributed by atoms with Crippen LogP contribution in [0.4, 0.5) is 10.3 Å². The molecule has 2 aromatic rings. The molecule has 1 aromatic heterocycles. The van der Waals surface area contributed by atoms with Crippen molar-refractivity contribution < 1.29 is 13.7 Å². The van der Waals surface area contributed by atoms with Crippen molar-refractivity contribution in [3.8, 4) is 16.9 Å². The molecule has 0 saturated carbocycles. The Morgan fingerprint density at radius 2 is 2.18 bits per heavy atom. The number of anilines is 1. The van der Waals surface area contributed by atoms with E-state index in [1.165, 1.54) is 19.4 Å². The first-order chi connectivity index (χ1) is 8.17. The molecule has 0 fully saturated rings. The summed E-state index contributed by atoms with van der Waals surface area (Å²) in [5.41, 5.74) is 7.54. The lowest BCUT2D eigenvalue weighted by molar-refractivity contribution is 0.412. The zero-order valence-corrected chi connectivity index (χ0v) is 9.66. The third-order valence-corrected chi connectivity index (χ3v) is 2.64. The van der Waals surface area contributed by atoms with Crippen LogP contribution in [0.1, 0.15) is 12.5 Å².